The zero-order valence-corrected chi connectivity index (χ0v) is 24.9. The molecule has 2 aromatic heterocycles. The zero-order valence-electron chi connectivity index (χ0n) is 24.9. The third kappa shape index (κ3) is 4.57. The molecule has 0 atom stereocenters. The number of aryl methyl sites for hydroxylation is 1. The molecule has 8 rings (SSSR count). The van der Waals surface area contributed by atoms with Crippen molar-refractivity contribution in [2.45, 2.75) is 64.3 Å². The highest BCUT2D eigenvalue weighted by molar-refractivity contribution is 6.05. The van der Waals surface area contributed by atoms with Crippen LogP contribution in [-0.2, 0) is 12.0 Å². The van der Waals surface area contributed by atoms with Crippen LogP contribution in [-0.4, -0.2) is 39.7 Å². The van der Waals surface area contributed by atoms with Gasteiger partial charge in [0.25, 0.3) is 5.91 Å². The minimum atomic E-state index is -0.111. The lowest BCUT2D eigenvalue weighted by atomic mass is 9.48. The molecule has 42 heavy (non-hydrogen) atoms. The predicted molar refractivity (Wildman–Crippen MR) is 162 cm³/mol. The first-order valence-corrected chi connectivity index (χ1v) is 15.1. The molecule has 0 spiro atoms. The molecule has 8 nitrogen and oxygen atoms in total. The number of ether oxygens (including phenoxy) is 2. The Kier molecular flexibility index (Phi) is 6.59. The third-order valence-electron chi connectivity index (χ3n) is 9.92. The van der Waals surface area contributed by atoms with E-state index in [4.69, 9.17) is 19.7 Å². The van der Waals surface area contributed by atoms with E-state index in [0.717, 1.165) is 71.0 Å². The second-order valence-electron chi connectivity index (χ2n) is 12.7. The van der Waals surface area contributed by atoms with Gasteiger partial charge in [0.05, 0.1) is 54.8 Å². The Morgan fingerprint density at radius 3 is 2.24 bits per heavy atom. The van der Waals surface area contributed by atoms with Gasteiger partial charge in [-0.2, -0.15) is 10.2 Å². The monoisotopic (exact) mass is 565 g/mol. The van der Waals surface area contributed by atoms with Gasteiger partial charge in [-0.3, -0.25) is 9.48 Å². The van der Waals surface area contributed by atoms with Crippen molar-refractivity contribution in [3.63, 3.8) is 0 Å². The summed E-state index contributed by atoms with van der Waals surface area (Å²) in [6, 6.07) is 16.0. The first-order valence-electron chi connectivity index (χ1n) is 15.1. The van der Waals surface area contributed by atoms with Crippen LogP contribution in [0.1, 0.15) is 71.5 Å². The van der Waals surface area contributed by atoms with E-state index >= 15 is 0 Å². The SMILES string of the molecule is COc1ccc(Cn2nc(C)c(NC(=O)c3cn(-c4ccccc4)nc3C34CC5CC(CC(C5)C3)C4)c2C)cc1OC. The van der Waals surface area contributed by atoms with Crippen LogP contribution in [0.2, 0.25) is 0 Å². The molecular formula is C34H39N5O3. The van der Waals surface area contributed by atoms with E-state index in [1.54, 1.807) is 14.2 Å². The maximum absolute atomic E-state index is 14.2. The van der Waals surface area contributed by atoms with Crippen LogP contribution in [0.25, 0.3) is 5.69 Å². The van der Waals surface area contributed by atoms with Gasteiger partial charge in [-0.15, -0.1) is 0 Å². The summed E-state index contributed by atoms with van der Waals surface area (Å²) in [5.41, 5.74) is 6.11. The van der Waals surface area contributed by atoms with Crippen LogP contribution in [0.3, 0.4) is 0 Å². The summed E-state index contributed by atoms with van der Waals surface area (Å²) >= 11 is 0. The van der Waals surface area contributed by atoms with Crippen molar-refractivity contribution >= 4 is 11.6 Å². The van der Waals surface area contributed by atoms with Crippen molar-refractivity contribution in [2.75, 3.05) is 19.5 Å². The molecule has 2 aromatic carbocycles. The number of anilines is 1. The van der Waals surface area contributed by atoms with Crippen LogP contribution < -0.4 is 14.8 Å². The molecule has 218 valence electrons. The Morgan fingerprint density at radius 2 is 1.60 bits per heavy atom. The molecule has 4 aliphatic rings. The van der Waals surface area contributed by atoms with Crippen molar-refractivity contribution in [2.24, 2.45) is 17.8 Å². The molecule has 4 aliphatic carbocycles. The van der Waals surface area contributed by atoms with Crippen molar-refractivity contribution in [1.82, 2.24) is 19.6 Å². The molecule has 0 radical (unpaired) electrons. The quantitative estimate of drug-likeness (QED) is 0.265. The van der Waals surface area contributed by atoms with Gasteiger partial charge in [-0.05, 0) is 100.0 Å². The molecule has 0 unspecified atom stereocenters. The van der Waals surface area contributed by atoms with Gasteiger partial charge in [0.1, 0.15) is 0 Å². The van der Waals surface area contributed by atoms with Gasteiger partial charge in [-0.1, -0.05) is 24.3 Å². The van der Waals surface area contributed by atoms with Gasteiger partial charge in [0.15, 0.2) is 11.5 Å². The highest BCUT2D eigenvalue weighted by Crippen LogP contribution is 2.61. The molecule has 4 aromatic rings. The van der Waals surface area contributed by atoms with Crippen LogP contribution in [0.15, 0.2) is 54.7 Å². The molecule has 1 N–H and O–H groups in total. The maximum atomic E-state index is 14.2. The first-order chi connectivity index (χ1) is 20.4. The number of nitrogens with zero attached hydrogens (tertiary/aromatic N) is 4. The molecule has 1 amide bonds. The van der Waals surface area contributed by atoms with Crippen LogP contribution in [0.5, 0.6) is 11.5 Å². The minimum absolute atomic E-state index is 0.0108. The van der Waals surface area contributed by atoms with E-state index in [-0.39, 0.29) is 11.3 Å². The second kappa shape index (κ2) is 10.3. The van der Waals surface area contributed by atoms with Gasteiger partial charge >= 0.3 is 0 Å². The van der Waals surface area contributed by atoms with Crippen molar-refractivity contribution in [1.29, 1.82) is 0 Å². The van der Waals surface area contributed by atoms with Gasteiger partial charge in [0.2, 0.25) is 0 Å². The molecule has 4 fully saturated rings. The van der Waals surface area contributed by atoms with Crippen molar-refractivity contribution < 1.29 is 14.3 Å². The molecule has 8 heteroatoms. The minimum Gasteiger partial charge on any atom is -0.493 e. The topological polar surface area (TPSA) is 83.2 Å². The van der Waals surface area contributed by atoms with Crippen LogP contribution >= 0.6 is 0 Å². The average molecular weight is 566 g/mol. The molecular weight excluding hydrogens is 526 g/mol. The van der Waals surface area contributed by atoms with Gasteiger partial charge < -0.3 is 14.8 Å². The molecule has 0 saturated heterocycles. The molecule has 2 heterocycles. The van der Waals surface area contributed by atoms with E-state index in [1.165, 1.54) is 19.3 Å². The van der Waals surface area contributed by atoms with E-state index in [0.29, 0.717) is 23.6 Å². The number of methoxy groups -OCH3 is 2. The summed E-state index contributed by atoms with van der Waals surface area (Å²) in [6.45, 7) is 4.50. The van der Waals surface area contributed by atoms with Gasteiger partial charge in [0, 0.05) is 11.6 Å². The fourth-order valence-electron chi connectivity index (χ4n) is 8.41. The number of aromatic nitrogens is 4. The highest BCUT2D eigenvalue weighted by Gasteiger charge is 2.54. The lowest BCUT2D eigenvalue weighted by molar-refractivity contribution is -0.00765. The third-order valence-corrected chi connectivity index (χ3v) is 9.92. The Labute approximate surface area is 247 Å². The fourth-order valence-corrected chi connectivity index (χ4v) is 8.41. The number of rotatable bonds is 8. The lowest BCUT2D eigenvalue weighted by Crippen LogP contribution is -2.49. The zero-order chi connectivity index (χ0) is 29.0. The number of carbonyl (C=O) groups is 1. The van der Waals surface area contributed by atoms with Crippen LogP contribution in [0.4, 0.5) is 5.69 Å². The Balaban J connectivity index is 1.21. The Hall–Kier alpha value is -4.07. The summed E-state index contributed by atoms with van der Waals surface area (Å²) in [7, 11) is 3.27. The van der Waals surface area contributed by atoms with E-state index in [9.17, 15) is 4.79 Å². The largest absolute Gasteiger partial charge is 0.493 e. The fraction of sp³-hybridized carbons (Fsp3) is 0.441. The predicted octanol–water partition coefficient (Wildman–Crippen LogP) is 6.47. The number of benzene rings is 2. The summed E-state index contributed by atoms with van der Waals surface area (Å²) in [5, 5.41) is 13.2. The number of amides is 1. The summed E-state index contributed by atoms with van der Waals surface area (Å²) in [5.74, 6) is 3.53. The summed E-state index contributed by atoms with van der Waals surface area (Å²) in [6.07, 6.45) is 9.41. The van der Waals surface area contributed by atoms with Crippen LogP contribution in [0, 0.1) is 31.6 Å². The Bertz CT molecular complexity index is 1600. The number of carbonyl (C=O) groups excluding carboxylic acids is 1. The second-order valence-corrected chi connectivity index (χ2v) is 12.7. The van der Waals surface area contributed by atoms with Gasteiger partial charge in [-0.25, -0.2) is 4.68 Å². The normalized spacial score (nSPS) is 24.1. The van der Waals surface area contributed by atoms with E-state index in [1.807, 2.05) is 77.9 Å². The van der Waals surface area contributed by atoms with Crippen molar-refractivity contribution in [3.8, 4) is 17.2 Å². The maximum Gasteiger partial charge on any atom is 0.259 e. The Morgan fingerprint density at radius 1 is 0.929 bits per heavy atom. The average Bonchev–Trinajstić information content (AvgIpc) is 3.55. The number of hydrogen-bond donors (Lipinski definition) is 1. The number of para-hydroxylation sites is 1. The first kappa shape index (κ1) is 26.8. The summed E-state index contributed by atoms with van der Waals surface area (Å²) in [4.78, 5) is 14.2. The standard InChI is InChI=1S/C34H39N5O3/c1-21-31(22(2)38(36-21)19-23-10-11-29(41-3)30(15-23)42-4)35-33(40)28-20-39(27-8-6-5-7-9-27)37-32(28)34-16-24-12-25(17-34)14-26(13-24)18-34/h5-11,15,20,24-26H,12-14,16-19H2,1-4H3,(H,35,40). The molecule has 4 bridgehead atoms. The summed E-state index contributed by atoms with van der Waals surface area (Å²) < 4.78 is 14.7. The van der Waals surface area contributed by atoms with E-state index < -0.39 is 0 Å². The highest BCUT2D eigenvalue weighted by atomic mass is 16.5. The number of hydrogen-bond acceptors (Lipinski definition) is 5. The number of nitrogens with one attached hydrogen (secondary N) is 1. The smallest absolute Gasteiger partial charge is 0.259 e. The lowest BCUT2D eigenvalue weighted by Gasteiger charge is -2.56. The molecule has 0 aliphatic heterocycles. The van der Waals surface area contributed by atoms with Crippen molar-refractivity contribution in [3.05, 3.63) is 82.9 Å². The molecule has 4 saturated carbocycles. The van der Waals surface area contributed by atoms with E-state index in [2.05, 4.69) is 5.32 Å².